The smallest absolute Gasteiger partial charge is 0.264 e. The van der Waals surface area contributed by atoms with Crippen LogP contribution < -0.4 is 0 Å². The molecule has 1 heterocycles. The van der Waals surface area contributed by atoms with E-state index in [1.54, 1.807) is 6.08 Å². The Bertz CT molecular complexity index is 2130. The van der Waals surface area contributed by atoms with Crippen molar-refractivity contribution < 1.29 is 36.3 Å². The Hall–Kier alpha value is -4.45. The standard InChI is InChI=1S/C51H60O8S/c1-5-31-54-32-17-16-18-39-26-28-40(29-27-39)33-45-34-44(30-25-38(45)3)47-49(55-35-41-19-10-7-11-20-41)51(57-37-43-23-14-9-15-24-43)50(56-36-42-21-12-8-13-22-42)48(58-47)46(6-2)59-60(4,52)53/h5,7-15,19-30,34,46-51H,1,6,16-18,31-33,35-37H2,2-4H3/t46?,47-,48+,49-,50+,51+/m0/s1. The van der Waals surface area contributed by atoms with Gasteiger partial charge in [0.1, 0.15) is 36.6 Å². The minimum Gasteiger partial charge on any atom is -0.377 e. The zero-order valence-electron chi connectivity index (χ0n) is 35.2. The van der Waals surface area contributed by atoms with Crippen LogP contribution >= 0.6 is 0 Å². The Morgan fingerprint density at radius 3 is 1.78 bits per heavy atom. The highest BCUT2D eigenvalue weighted by atomic mass is 32.2. The van der Waals surface area contributed by atoms with Crippen molar-refractivity contribution in [2.75, 3.05) is 19.5 Å². The molecule has 5 aromatic rings. The molecule has 0 aliphatic carbocycles. The molecule has 1 saturated heterocycles. The predicted octanol–water partition coefficient (Wildman–Crippen LogP) is 10.1. The fourth-order valence-electron chi connectivity index (χ4n) is 7.68. The molecule has 318 valence electrons. The van der Waals surface area contributed by atoms with Crippen molar-refractivity contribution in [2.45, 2.75) is 102 Å². The molecule has 60 heavy (non-hydrogen) atoms. The lowest BCUT2D eigenvalue weighted by atomic mass is 9.86. The van der Waals surface area contributed by atoms with Gasteiger partial charge >= 0.3 is 0 Å². The van der Waals surface area contributed by atoms with Gasteiger partial charge in [0.25, 0.3) is 10.1 Å². The molecule has 0 amide bonds. The van der Waals surface area contributed by atoms with Gasteiger partial charge in [-0.15, -0.1) is 6.58 Å². The highest BCUT2D eigenvalue weighted by Crippen LogP contribution is 2.41. The van der Waals surface area contributed by atoms with Gasteiger partial charge in [-0.3, -0.25) is 4.18 Å². The molecule has 5 aromatic carbocycles. The van der Waals surface area contributed by atoms with Crippen molar-refractivity contribution in [3.8, 4) is 0 Å². The summed E-state index contributed by atoms with van der Waals surface area (Å²) < 4.78 is 64.8. The van der Waals surface area contributed by atoms with Gasteiger partial charge in [0.2, 0.25) is 0 Å². The third kappa shape index (κ3) is 13.5. The minimum atomic E-state index is -3.87. The maximum absolute atomic E-state index is 12.8. The number of benzene rings is 5. The summed E-state index contributed by atoms with van der Waals surface area (Å²) in [6.45, 7) is 9.90. The first kappa shape index (κ1) is 45.1. The Balaban J connectivity index is 1.35. The summed E-state index contributed by atoms with van der Waals surface area (Å²) in [6.07, 6.45) is 2.56. The molecule has 6 atom stereocenters. The fourth-order valence-corrected chi connectivity index (χ4v) is 8.38. The second kappa shape index (κ2) is 23.0. The molecule has 0 bridgehead atoms. The van der Waals surface area contributed by atoms with Crippen LogP contribution in [0, 0.1) is 6.92 Å². The molecule has 1 unspecified atom stereocenters. The molecule has 1 aliphatic heterocycles. The maximum Gasteiger partial charge on any atom is 0.264 e. The summed E-state index contributed by atoms with van der Waals surface area (Å²) >= 11 is 0. The summed E-state index contributed by atoms with van der Waals surface area (Å²) in [5, 5.41) is 0. The molecular formula is C51H60O8S. The fraction of sp³-hybridized carbons (Fsp3) is 0.373. The molecule has 0 saturated carbocycles. The largest absolute Gasteiger partial charge is 0.377 e. The molecule has 9 heteroatoms. The molecule has 0 N–H and O–H groups in total. The lowest BCUT2D eigenvalue weighted by molar-refractivity contribution is -0.280. The van der Waals surface area contributed by atoms with Crippen LogP contribution in [0.25, 0.3) is 0 Å². The van der Waals surface area contributed by atoms with Crippen LogP contribution in [0.3, 0.4) is 0 Å². The van der Waals surface area contributed by atoms with Gasteiger partial charge in [-0.05, 0) is 83.5 Å². The van der Waals surface area contributed by atoms with Crippen molar-refractivity contribution in [3.63, 3.8) is 0 Å². The number of rotatable bonds is 23. The minimum absolute atomic E-state index is 0.250. The van der Waals surface area contributed by atoms with Gasteiger partial charge in [-0.2, -0.15) is 8.42 Å². The monoisotopic (exact) mass is 832 g/mol. The van der Waals surface area contributed by atoms with Crippen LogP contribution in [0.15, 0.2) is 146 Å². The molecule has 0 aromatic heterocycles. The average molecular weight is 833 g/mol. The van der Waals surface area contributed by atoms with Gasteiger partial charge in [0.15, 0.2) is 0 Å². The topological polar surface area (TPSA) is 89.5 Å². The predicted molar refractivity (Wildman–Crippen MR) is 237 cm³/mol. The highest BCUT2D eigenvalue weighted by Gasteiger charge is 2.52. The van der Waals surface area contributed by atoms with E-state index in [0.717, 1.165) is 71.9 Å². The molecule has 0 radical (unpaired) electrons. The van der Waals surface area contributed by atoms with Gasteiger partial charge in [-0.25, -0.2) is 0 Å². The quantitative estimate of drug-likeness (QED) is 0.0365. The average Bonchev–Trinajstić information content (AvgIpc) is 3.26. The SMILES string of the molecule is C=CCOCCCCc1ccc(Cc2cc([C@@H]3O[C@H](C(CC)OS(C)(=O)=O)[C@@H](OCc4ccccc4)[C@H](OCc4ccccc4)[C@H]3OCc3ccccc3)ccc2C)cc1. The number of aryl methyl sites for hydroxylation is 2. The first-order chi connectivity index (χ1) is 29.2. The van der Waals surface area contributed by atoms with Crippen molar-refractivity contribution in [2.24, 2.45) is 0 Å². The van der Waals surface area contributed by atoms with Crippen LogP contribution in [0.4, 0.5) is 0 Å². The molecular weight excluding hydrogens is 773 g/mol. The van der Waals surface area contributed by atoms with E-state index in [0.29, 0.717) is 19.6 Å². The van der Waals surface area contributed by atoms with Crippen LogP contribution in [0.1, 0.15) is 76.8 Å². The lowest BCUT2D eigenvalue weighted by Gasteiger charge is -2.48. The molecule has 0 spiro atoms. The van der Waals surface area contributed by atoms with Gasteiger partial charge in [-0.1, -0.05) is 146 Å². The van der Waals surface area contributed by atoms with E-state index < -0.39 is 46.7 Å². The van der Waals surface area contributed by atoms with E-state index in [-0.39, 0.29) is 13.2 Å². The molecule has 8 nitrogen and oxygen atoms in total. The maximum atomic E-state index is 12.8. The number of hydrogen-bond acceptors (Lipinski definition) is 8. The van der Waals surface area contributed by atoms with Crippen molar-refractivity contribution in [1.82, 2.24) is 0 Å². The molecule has 1 fully saturated rings. The second-order valence-electron chi connectivity index (χ2n) is 15.6. The van der Waals surface area contributed by atoms with Crippen LogP contribution in [-0.2, 0) is 70.6 Å². The van der Waals surface area contributed by atoms with E-state index in [4.69, 9.17) is 27.9 Å². The summed E-state index contributed by atoms with van der Waals surface area (Å²) in [7, 11) is -3.87. The lowest BCUT2D eigenvalue weighted by Crippen LogP contribution is -2.60. The number of ether oxygens (including phenoxy) is 5. The van der Waals surface area contributed by atoms with E-state index in [1.807, 2.05) is 97.9 Å². The normalized spacial score (nSPS) is 19.8. The summed E-state index contributed by atoms with van der Waals surface area (Å²) in [6, 6.07) is 45.2. The van der Waals surface area contributed by atoms with E-state index in [2.05, 4.69) is 56.0 Å². The van der Waals surface area contributed by atoms with Crippen LogP contribution in [0.2, 0.25) is 0 Å². The van der Waals surface area contributed by atoms with Crippen LogP contribution in [0.5, 0.6) is 0 Å². The second-order valence-corrected chi connectivity index (χ2v) is 17.2. The summed E-state index contributed by atoms with van der Waals surface area (Å²) in [5.74, 6) is 0. The third-order valence-electron chi connectivity index (χ3n) is 10.9. The van der Waals surface area contributed by atoms with E-state index in [1.165, 1.54) is 11.1 Å². The highest BCUT2D eigenvalue weighted by molar-refractivity contribution is 7.86. The van der Waals surface area contributed by atoms with Gasteiger partial charge in [0.05, 0.1) is 32.7 Å². The summed E-state index contributed by atoms with van der Waals surface area (Å²) in [4.78, 5) is 0. The number of unbranched alkanes of at least 4 members (excludes halogenated alkanes) is 1. The molecule has 1 aliphatic rings. The first-order valence-corrected chi connectivity index (χ1v) is 22.9. The summed E-state index contributed by atoms with van der Waals surface area (Å²) in [5.41, 5.74) is 8.68. The van der Waals surface area contributed by atoms with Gasteiger partial charge < -0.3 is 23.7 Å². The van der Waals surface area contributed by atoms with Crippen molar-refractivity contribution >= 4 is 10.1 Å². The van der Waals surface area contributed by atoms with Gasteiger partial charge in [0, 0.05) is 6.61 Å². The van der Waals surface area contributed by atoms with Crippen molar-refractivity contribution in [1.29, 1.82) is 0 Å². The number of hydrogen-bond donors (Lipinski definition) is 0. The Morgan fingerprint density at radius 1 is 0.683 bits per heavy atom. The van der Waals surface area contributed by atoms with E-state index >= 15 is 0 Å². The van der Waals surface area contributed by atoms with E-state index in [9.17, 15) is 8.42 Å². The Morgan fingerprint density at radius 2 is 1.23 bits per heavy atom. The van der Waals surface area contributed by atoms with Crippen LogP contribution in [-0.4, -0.2) is 58.4 Å². The Labute approximate surface area is 357 Å². The Kier molecular flexibility index (Phi) is 17.2. The zero-order chi connectivity index (χ0) is 42.2. The van der Waals surface area contributed by atoms with Crippen molar-refractivity contribution in [3.05, 3.63) is 191 Å². The zero-order valence-corrected chi connectivity index (χ0v) is 36.0. The first-order valence-electron chi connectivity index (χ1n) is 21.1. The third-order valence-corrected chi connectivity index (χ3v) is 11.5. The molecule has 6 rings (SSSR count).